The maximum atomic E-state index is 14.0. The van der Waals surface area contributed by atoms with Crippen molar-refractivity contribution in [3.05, 3.63) is 22.8 Å². The molecule has 1 amide bonds. The highest BCUT2D eigenvalue weighted by molar-refractivity contribution is 5.95. The third-order valence-corrected chi connectivity index (χ3v) is 12.7. The van der Waals surface area contributed by atoms with E-state index in [0.717, 1.165) is 31.3 Å². The van der Waals surface area contributed by atoms with Crippen LogP contribution in [0.1, 0.15) is 99.8 Å². The van der Waals surface area contributed by atoms with Crippen LogP contribution in [0.4, 0.5) is 0 Å². The molecule has 1 aliphatic heterocycles. The van der Waals surface area contributed by atoms with Crippen LogP contribution < -0.4 is 0 Å². The molecule has 0 aromatic rings. The number of aliphatic hydroxyl groups excluding tert-OH is 3. The molecule has 5 fully saturated rings. The van der Waals surface area contributed by atoms with Crippen LogP contribution in [-0.2, 0) is 14.3 Å². The highest BCUT2D eigenvalue weighted by Gasteiger charge is 2.70. The van der Waals surface area contributed by atoms with Crippen LogP contribution in [0.5, 0.6) is 0 Å². The molecule has 4 saturated carbocycles. The Hall–Kier alpha value is -1.70. The number of nitrogens with zero attached hydrogens (tertiary/aromatic N) is 1. The molecule has 7 nitrogen and oxygen atoms in total. The highest BCUT2D eigenvalue weighted by Crippen LogP contribution is 2.74. The third-order valence-electron chi connectivity index (χ3n) is 12.7. The first kappa shape index (κ1) is 30.7. The Morgan fingerprint density at radius 1 is 1.00 bits per heavy atom. The topological polar surface area (TPSA) is 107 Å². The van der Waals surface area contributed by atoms with E-state index in [-0.39, 0.29) is 52.0 Å². The van der Waals surface area contributed by atoms with Gasteiger partial charge in [0.25, 0.3) is 0 Å². The van der Waals surface area contributed by atoms with Gasteiger partial charge in [-0.25, -0.2) is 0 Å². The van der Waals surface area contributed by atoms with Crippen LogP contribution in [0.25, 0.3) is 0 Å². The summed E-state index contributed by atoms with van der Waals surface area (Å²) in [4.78, 5) is 28.2. The van der Waals surface area contributed by atoms with Gasteiger partial charge >= 0.3 is 5.97 Å². The Balaban J connectivity index is 1.61. The van der Waals surface area contributed by atoms with E-state index in [1.807, 2.05) is 0 Å². The number of rotatable bonds is 5. The molecule has 7 heteroatoms. The molecule has 3 N–H and O–H groups in total. The number of carbonyl (C=O) groups is 2. The molecule has 230 valence electrons. The fourth-order valence-electron chi connectivity index (χ4n) is 10.6. The third kappa shape index (κ3) is 4.82. The standard InChI is InChI=1S/C34H53NO6/c1-19(2)9-8-10-23(31(40)35-17-22(37)18-35)29-25-15-27(39)30-32(5)13-12-26(38)20(3)24(32)11-14-33(30,6)34(25,7)16-28(29)41-21(4)36/h9,20,22,24-28,30,37-39H,8,10-18H2,1-7H3/b29-23-/t20-,24-,25-,26+,27+,28-,30?,32-,33-,34-/m0/s1. The lowest BCUT2D eigenvalue weighted by Crippen LogP contribution is -2.65. The molecule has 5 rings (SSSR count). The number of β-amino-alcohol motifs (C(OH)–C–C–N with tert-alkyl or cyclic N) is 1. The Morgan fingerprint density at radius 3 is 2.29 bits per heavy atom. The first-order valence-electron chi connectivity index (χ1n) is 16.0. The predicted molar refractivity (Wildman–Crippen MR) is 158 cm³/mol. The molecule has 41 heavy (non-hydrogen) atoms. The summed E-state index contributed by atoms with van der Waals surface area (Å²) in [6.45, 7) is 15.4. The number of aliphatic hydroxyl groups is 3. The minimum atomic E-state index is -0.542. The lowest BCUT2D eigenvalue weighted by molar-refractivity contribution is -0.234. The summed E-state index contributed by atoms with van der Waals surface area (Å²) in [6.07, 6.45) is 6.38. The molecule has 0 radical (unpaired) electrons. The van der Waals surface area contributed by atoms with Gasteiger partial charge in [-0.3, -0.25) is 9.59 Å². The minimum Gasteiger partial charge on any atom is -0.458 e. The van der Waals surface area contributed by atoms with Crippen LogP contribution >= 0.6 is 0 Å². The highest BCUT2D eigenvalue weighted by atomic mass is 16.5. The Labute approximate surface area is 246 Å². The number of fused-ring (bicyclic) bond motifs is 5. The van der Waals surface area contributed by atoms with E-state index in [0.29, 0.717) is 50.3 Å². The predicted octanol–water partition coefficient (Wildman–Crippen LogP) is 4.78. The van der Waals surface area contributed by atoms with Crippen LogP contribution in [0.3, 0.4) is 0 Å². The van der Waals surface area contributed by atoms with Crippen molar-refractivity contribution in [2.75, 3.05) is 13.1 Å². The molecule has 0 bridgehead atoms. The second-order valence-electron chi connectivity index (χ2n) is 15.2. The van der Waals surface area contributed by atoms with Crippen LogP contribution in [-0.4, -0.2) is 69.6 Å². The summed E-state index contributed by atoms with van der Waals surface area (Å²) >= 11 is 0. The van der Waals surface area contributed by atoms with Gasteiger partial charge in [0.05, 0.1) is 18.3 Å². The zero-order valence-electron chi connectivity index (χ0n) is 26.3. The fraction of sp³-hybridized carbons (Fsp3) is 0.824. The van der Waals surface area contributed by atoms with Gasteiger partial charge in [-0.2, -0.15) is 0 Å². The van der Waals surface area contributed by atoms with Crippen LogP contribution in [0.15, 0.2) is 22.8 Å². The average molecular weight is 572 g/mol. The monoisotopic (exact) mass is 571 g/mol. The number of amides is 1. The van der Waals surface area contributed by atoms with E-state index in [1.165, 1.54) is 12.5 Å². The smallest absolute Gasteiger partial charge is 0.303 e. The quantitative estimate of drug-likeness (QED) is 0.249. The van der Waals surface area contributed by atoms with Gasteiger partial charge in [0.2, 0.25) is 5.91 Å². The number of ether oxygens (including phenoxy) is 1. The molecule has 5 aliphatic rings. The number of likely N-dealkylation sites (tertiary alicyclic amines) is 1. The molecule has 0 aromatic carbocycles. The largest absolute Gasteiger partial charge is 0.458 e. The Morgan fingerprint density at radius 2 is 1.68 bits per heavy atom. The Kier molecular flexibility index (Phi) is 8.09. The maximum absolute atomic E-state index is 14.0. The SMILES string of the molecule is CC(=O)O[C@H]1C[C@@]2(C)[C@@H](C[C@@H](O)C3[C@]2(C)CC[C@H]2[C@H](C)[C@H](O)CC[C@]32C)/C1=C(\CCC=C(C)C)C(=O)N1CC(O)C1. The molecule has 0 spiro atoms. The molecule has 1 unspecified atom stereocenters. The van der Waals surface area contributed by atoms with Gasteiger partial charge < -0.3 is 25.0 Å². The summed E-state index contributed by atoms with van der Waals surface area (Å²) < 4.78 is 6.07. The molecule has 1 heterocycles. The molecule has 4 aliphatic carbocycles. The van der Waals surface area contributed by atoms with Crippen LogP contribution in [0, 0.1) is 39.9 Å². The molecular formula is C34H53NO6. The first-order valence-corrected chi connectivity index (χ1v) is 16.0. The number of hydrogen-bond acceptors (Lipinski definition) is 6. The van der Waals surface area contributed by atoms with Gasteiger partial charge in [-0.05, 0) is 111 Å². The zero-order valence-corrected chi connectivity index (χ0v) is 26.3. The molecular weight excluding hydrogens is 518 g/mol. The lowest BCUT2D eigenvalue weighted by Gasteiger charge is -2.69. The Bertz CT molecular complexity index is 1120. The van der Waals surface area contributed by atoms with E-state index in [2.05, 4.69) is 47.6 Å². The van der Waals surface area contributed by atoms with Crippen molar-refractivity contribution in [2.24, 2.45) is 39.9 Å². The summed E-state index contributed by atoms with van der Waals surface area (Å²) in [6, 6.07) is 0. The molecule has 1 saturated heterocycles. The van der Waals surface area contributed by atoms with Gasteiger partial charge in [0, 0.05) is 25.6 Å². The number of esters is 1. The van der Waals surface area contributed by atoms with E-state index >= 15 is 0 Å². The van der Waals surface area contributed by atoms with E-state index in [9.17, 15) is 24.9 Å². The van der Waals surface area contributed by atoms with E-state index in [1.54, 1.807) is 4.90 Å². The zero-order chi connectivity index (χ0) is 30.1. The summed E-state index contributed by atoms with van der Waals surface area (Å²) in [7, 11) is 0. The fourth-order valence-corrected chi connectivity index (χ4v) is 10.6. The second-order valence-corrected chi connectivity index (χ2v) is 15.2. The van der Waals surface area contributed by atoms with Gasteiger partial charge in [0.1, 0.15) is 6.10 Å². The lowest BCUT2D eigenvalue weighted by atomic mass is 9.36. The van der Waals surface area contributed by atoms with Crippen molar-refractivity contribution in [2.45, 2.75) is 124 Å². The van der Waals surface area contributed by atoms with E-state index in [4.69, 9.17) is 4.74 Å². The average Bonchev–Trinajstić information content (AvgIpc) is 3.13. The minimum absolute atomic E-state index is 0.0673. The summed E-state index contributed by atoms with van der Waals surface area (Å²) in [5.74, 6) is 0.137. The number of hydrogen-bond donors (Lipinski definition) is 3. The first-order chi connectivity index (χ1) is 19.1. The van der Waals surface area contributed by atoms with Crippen molar-refractivity contribution in [3.63, 3.8) is 0 Å². The second kappa shape index (κ2) is 10.8. The van der Waals surface area contributed by atoms with Crippen molar-refractivity contribution in [1.82, 2.24) is 4.90 Å². The van der Waals surface area contributed by atoms with Crippen LogP contribution in [0.2, 0.25) is 0 Å². The van der Waals surface area contributed by atoms with Crippen molar-refractivity contribution in [3.8, 4) is 0 Å². The summed E-state index contributed by atoms with van der Waals surface area (Å²) in [5.41, 5.74) is 2.24. The normalized spacial score (nSPS) is 45.1. The van der Waals surface area contributed by atoms with Crippen molar-refractivity contribution < 1.29 is 29.6 Å². The number of allylic oxidation sites excluding steroid dienone is 2. The van der Waals surface area contributed by atoms with E-state index < -0.39 is 18.3 Å². The van der Waals surface area contributed by atoms with Crippen molar-refractivity contribution >= 4 is 11.9 Å². The van der Waals surface area contributed by atoms with Gasteiger partial charge in [0.15, 0.2) is 0 Å². The molecule has 10 atom stereocenters. The van der Waals surface area contributed by atoms with Gasteiger partial charge in [-0.1, -0.05) is 39.3 Å². The van der Waals surface area contributed by atoms with Crippen molar-refractivity contribution in [1.29, 1.82) is 0 Å². The van der Waals surface area contributed by atoms with Gasteiger partial charge in [-0.15, -0.1) is 0 Å². The molecule has 0 aromatic heterocycles. The number of carbonyl (C=O) groups excluding carboxylic acids is 2. The maximum Gasteiger partial charge on any atom is 0.303 e. The summed E-state index contributed by atoms with van der Waals surface area (Å²) in [5, 5.41) is 32.8.